The SMILES string of the molecule is C/C(=N/NC(=O)Cc1c(C)[nH][nH]c1=O)c1ccc([N+](=O)[O-])cc1. The number of hydrogen-bond acceptors (Lipinski definition) is 5. The number of carbonyl (C=O) groups excluding carboxylic acids is 1. The van der Waals surface area contributed by atoms with Crippen molar-refractivity contribution in [2.45, 2.75) is 20.3 Å². The number of non-ortho nitro benzene ring substituents is 1. The fraction of sp³-hybridized carbons (Fsp3) is 0.214. The van der Waals surface area contributed by atoms with Gasteiger partial charge in [0.2, 0.25) is 5.91 Å². The van der Waals surface area contributed by atoms with Gasteiger partial charge in [-0.1, -0.05) is 0 Å². The molecule has 1 aromatic heterocycles. The van der Waals surface area contributed by atoms with E-state index in [0.717, 1.165) is 0 Å². The van der Waals surface area contributed by atoms with E-state index in [-0.39, 0.29) is 17.7 Å². The van der Waals surface area contributed by atoms with Crippen LogP contribution < -0.4 is 11.0 Å². The highest BCUT2D eigenvalue weighted by molar-refractivity contribution is 5.99. The van der Waals surface area contributed by atoms with Crippen LogP contribution in [0.4, 0.5) is 5.69 Å². The van der Waals surface area contributed by atoms with Crippen molar-refractivity contribution < 1.29 is 9.72 Å². The summed E-state index contributed by atoms with van der Waals surface area (Å²) in [5.41, 5.74) is 4.09. The number of benzene rings is 1. The molecule has 0 saturated carbocycles. The summed E-state index contributed by atoms with van der Waals surface area (Å²) in [6.45, 7) is 3.35. The van der Waals surface area contributed by atoms with E-state index in [4.69, 9.17) is 0 Å². The van der Waals surface area contributed by atoms with Crippen molar-refractivity contribution in [3.05, 3.63) is 61.6 Å². The Kier molecular flexibility index (Phi) is 4.69. The Morgan fingerprint density at radius 2 is 1.96 bits per heavy atom. The van der Waals surface area contributed by atoms with E-state index in [2.05, 4.69) is 20.7 Å². The minimum absolute atomic E-state index is 0.0206. The van der Waals surface area contributed by atoms with Gasteiger partial charge in [-0.2, -0.15) is 5.10 Å². The van der Waals surface area contributed by atoms with E-state index in [0.29, 0.717) is 22.5 Å². The number of nitrogens with one attached hydrogen (secondary N) is 3. The molecule has 0 aliphatic carbocycles. The molecule has 0 fully saturated rings. The van der Waals surface area contributed by atoms with Crippen LogP contribution in [0.3, 0.4) is 0 Å². The normalized spacial score (nSPS) is 11.3. The predicted octanol–water partition coefficient (Wildman–Crippen LogP) is 1.00. The highest BCUT2D eigenvalue weighted by Gasteiger charge is 2.11. The maximum Gasteiger partial charge on any atom is 0.269 e. The van der Waals surface area contributed by atoms with Crippen molar-refractivity contribution in [1.82, 2.24) is 15.6 Å². The van der Waals surface area contributed by atoms with Crippen molar-refractivity contribution in [2.75, 3.05) is 0 Å². The number of H-pyrrole nitrogens is 2. The Morgan fingerprint density at radius 3 is 2.48 bits per heavy atom. The van der Waals surface area contributed by atoms with Crippen LogP contribution in [0.1, 0.15) is 23.7 Å². The molecule has 0 spiro atoms. The first kappa shape index (κ1) is 16.1. The second-order valence-corrected chi connectivity index (χ2v) is 4.90. The molecule has 2 aromatic rings. The summed E-state index contributed by atoms with van der Waals surface area (Å²) in [5, 5.41) is 19.6. The summed E-state index contributed by atoms with van der Waals surface area (Å²) in [6.07, 6.45) is -0.0955. The highest BCUT2D eigenvalue weighted by atomic mass is 16.6. The standard InChI is InChI=1S/C14H15N5O4/c1-8(10-3-5-11(6-4-10)19(22)23)15-17-13(20)7-12-9(2)16-18-14(12)21/h3-6H,7H2,1-2H3,(H,17,20)(H2,16,18,21)/b15-8-. The number of hydrogen-bond donors (Lipinski definition) is 3. The zero-order valence-electron chi connectivity index (χ0n) is 12.5. The van der Waals surface area contributed by atoms with Crippen LogP contribution in [0.15, 0.2) is 34.2 Å². The summed E-state index contributed by atoms with van der Waals surface area (Å²) < 4.78 is 0. The largest absolute Gasteiger partial charge is 0.302 e. The second-order valence-electron chi connectivity index (χ2n) is 4.90. The molecule has 1 aromatic carbocycles. The molecule has 0 atom stereocenters. The molecule has 1 amide bonds. The lowest BCUT2D eigenvalue weighted by molar-refractivity contribution is -0.384. The number of rotatable bonds is 5. The van der Waals surface area contributed by atoms with Gasteiger partial charge in [0.05, 0.1) is 17.1 Å². The highest BCUT2D eigenvalue weighted by Crippen LogP contribution is 2.12. The number of nitro benzene ring substituents is 1. The third-order valence-corrected chi connectivity index (χ3v) is 3.27. The Labute approximate surface area is 130 Å². The van der Waals surface area contributed by atoms with Gasteiger partial charge in [-0.15, -0.1) is 0 Å². The van der Waals surface area contributed by atoms with E-state index in [1.54, 1.807) is 26.0 Å². The number of nitrogens with zero attached hydrogens (tertiary/aromatic N) is 2. The van der Waals surface area contributed by atoms with Gasteiger partial charge in [-0.05, 0) is 31.5 Å². The van der Waals surface area contributed by atoms with Gasteiger partial charge in [0, 0.05) is 23.4 Å². The molecule has 0 radical (unpaired) electrons. The maximum atomic E-state index is 11.8. The van der Waals surface area contributed by atoms with Crippen molar-refractivity contribution in [3.63, 3.8) is 0 Å². The number of aryl methyl sites for hydroxylation is 1. The first-order chi connectivity index (χ1) is 10.9. The first-order valence-corrected chi connectivity index (χ1v) is 6.72. The molecule has 9 nitrogen and oxygen atoms in total. The molecular weight excluding hydrogens is 302 g/mol. The van der Waals surface area contributed by atoms with Gasteiger partial charge < -0.3 is 5.10 Å². The monoisotopic (exact) mass is 317 g/mol. The fourth-order valence-electron chi connectivity index (χ4n) is 1.92. The minimum Gasteiger partial charge on any atom is -0.302 e. The minimum atomic E-state index is -0.491. The summed E-state index contributed by atoms with van der Waals surface area (Å²) in [7, 11) is 0. The van der Waals surface area contributed by atoms with E-state index in [1.165, 1.54) is 12.1 Å². The molecule has 0 bridgehead atoms. The number of amides is 1. The Hall–Kier alpha value is -3.23. The zero-order valence-corrected chi connectivity index (χ0v) is 12.5. The lowest BCUT2D eigenvalue weighted by Gasteiger charge is -2.02. The van der Waals surface area contributed by atoms with E-state index in [9.17, 15) is 19.7 Å². The number of hydrazone groups is 1. The molecule has 3 N–H and O–H groups in total. The van der Waals surface area contributed by atoms with Crippen LogP contribution in [0.25, 0.3) is 0 Å². The van der Waals surface area contributed by atoms with Crippen LogP contribution in [0.2, 0.25) is 0 Å². The zero-order chi connectivity index (χ0) is 17.0. The topological polar surface area (TPSA) is 133 Å². The van der Waals surface area contributed by atoms with Crippen molar-refractivity contribution in [3.8, 4) is 0 Å². The lowest BCUT2D eigenvalue weighted by Crippen LogP contribution is -2.24. The molecule has 120 valence electrons. The van der Waals surface area contributed by atoms with Gasteiger partial charge >= 0.3 is 0 Å². The smallest absolute Gasteiger partial charge is 0.269 e. The van der Waals surface area contributed by atoms with Gasteiger partial charge in [-0.25, -0.2) is 5.43 Å². The molecule has 23 heavy (non-hydrogen) atoms. The van der Waals surface area contributed by atoms with Gasteiger partial charge in [0.1, 0.15) is 0 Å². The maximum absolute atomic E-state index is 11.8. The van der Waals surface area contributed by atoms with Gasteiger partial charge in [-0.3, -0.25) is 24.8 Å². The van der Waals surface area contributed by atoms with Crippen molar-refractivity contribution in [1.29, 1.82) is 0 Å². The molecular formula is C14H15N5O4. The third kappa shape index (κ3) is 3.90. The molecule has 9 heteroatoms. The summed E-state index contributed by atoms with van der Waals surface area (Å²) in [4.78, 5) is 33.4. The number of carbonyl (C=O) groups is 1. The number of aromatic nitrogens is 2. The van der Waals surface area contributed by atoms with Crippen molar-refractivity contribution in [2.24, 2.45) is 5.10 Å². The number of aromatic amines is 2. The lowest BCUT2D eigenvalue weighted by atomic mass is 10.1. The van der Waals surface area contributed by atoms with Crippen molar-refractivity contribution >= 4 is 17.3 Å². The molecule has 0 aliphatic rings. The molecule has 0 unspecified atom stereocenters. The van der Waals surface area contributed by atoms with Gasteiger partial charge in [0.15, 0.2) is 0 Å². The summed E-state index contributed by atoms with van der Waals surface area (Å²) in [6, 6.07) is 5.81. The molecule has 2 rings (SSSR count). The van der Waals surface area contributed by atoms with E-state index < -0.39 is 10.8 Å². The fourth-order valence-corrected chi connectivity index (χ4v) is 1.92. The average molecular weight is 317 g/mol. The van der Waals surface area contributed by atoms with Crippen LogP contribution in [-0.4, -0.2) is 26.7 Å². The Balaban J connectivity index is 2.02. The Bertz CT molecular complexity index is 816. The summed E-state index contributed by atoms with van der Waals surface area (Å²) >= 11 is 0. The first-order valence-electron chi connectivity index (χ1n) is 6.72. The molecule has 1 heterocycles. The Morgan fingerprint density at radius 1 is 1.30 bits per heavy atom. The third-order valence-electron chi connectivity index (χ3n) is 3.27. The predicted molar refractivity (Wildman–Crippen MR) is 83.3 cm³/mol. The van der Waals surface area contributed by atoms with E-state index >= 15 is 0 Å². The average Bonchev–Trinajstić information content (AvgIpc) is 2.84. The van der Waals surface area contributed by atoms with Crippen LogP contribution in [0, 0.1) is 17.0 Å². The molecule has 0 aliphatic heterocycles. The van der Waals surface area contributed by atoms with Crippen LogP contribution in [-0.2, 0) is 11.2 Å². The van der Waals surface area contributed by atoms with Crippen LogP contribution in [0.5, 0.6) is 0 Å². The van der Waals surface area contributed by atoms with E-state index in [1.807, 2.05) is 0 Å². The second kappa shape index (κ2) is 6.69. The van der Waals surface area contributed by atoms with Crippen LogP contribution >= 0.6 is 0 Å². The quantitative estimate of drug-likeness (QED) is 0.431. The summed E-state index contributed by atoms with van der Waals surface area (Å²) in [5.74, 6) is -0.431. The number of nitro groups is 1. The van der Waals surface area contributed by atoms with Gasteiger partial charge in [0.25, 0.3) is 11.2 Å². The molecule has 0 saturated heterocycles.